The molecule has 56 heavy (non-hydrogen) atoms. The van der Waals surface area contributed by atoms with Gasteiger partial charge in [-0.1, -0.05) is 171 Å². The summed E-state index contributed by atoms with van der Waals surface area (Å²) in [6.07, 6.45) is 0. The molecule has 0 saturated carbocycles. The molecule has 6 heteroatoms. The third-order valence-corrected chi connectivity index (χ3v) is 19.2. The number of anilines is 6. The van der Waals surface area contributed by atoms with Crippen molar-refractivity contribution >= 4 is 121 Å². The van der Waals surface area contributed by atoms with Crippen LogP contribution in [0.25, 0.3) is 32.3 Å². The van der Waals surface area contributed by atoms with Gasteiger partial charge in [0.1, 0.15) is 0 Å². The molecule has 0 aromatic heterocycles. The minimum absolute atomic E-state index is 0.245. The van der Waals surface area contributed by atoms with Gasteiger partial charge in [0.05, 0.1) is 45.1 Å². The van der Waals surface area contributed by atoms with Gasteiger partial charge in [-0.3, -0.25) is 0 Å². The summed E-state index contributed by atoms with van der Waals surface area (Å²) >= 11 is 0. The lowest BCUT2D eigenvalue weighted by Gasteiger charge is -2.30. The zero-order valence-corrected chi connectivity index (χ0v) is 39.4. The molecule has 0 saturated heterocycles. The normalized spacial score (nSPS) is 12.8. The SMILES string of the molecule is C[SiH2]c1ccc(N(c2ccc([Si](C)(C)C)cc2)c2ccc3ccc4c(N(c5ccc([Si](C)(C)C)cc5)c5ccc([Si](C)(C)C)cc5)ccc5ccc2c3c54)cc1. The Bertz CT molecular complexity index is 2590. The lowest BCUT2D eigenvalue weighted by molar-refractivity contribution is 1.30. The van der Waals surface area contributed by atoms with E-state index in [0.29, 0.717) is 0 Å². The number of hydrogen-bond donors (Lipinski definition) is 0. The van der Waals surface area contributed by atoms with Gasteiger partial charge in [-0.2, -0.15) is 0 Å². The summed E-state index contributed by atoms with van der Waals surface area (Å²) in [6, 6.07) is 56.3. The van der Waals surface area contributed by atoms with E-state index in [2.05, 4.69) is 221 Å². The van der Waals surface area contributed by atoms with Crippen molar-refractivity contribution in [1.82, 2.24) is 0 Å². The molecule has 0 amide bonds. The van der Waals surface area contributed by atoms with Crippen LogP contribution in [0.4, 0.5) is 34.1 Å². The first-order chi connectivity index (χ1) is 26.6. The summed E-state index contributed by atoms with van der Waals surface area (Å²) in [5.41, 5.74) is 7.18. The van der Waals surface area contributed by atoms with Crippen molar-refractivity contribution in [2.24, 2.45) is 0 Å². The molecule has 0 atom stereocenters. The fourth-order valence-electron chi connectivity index (χ4n) is 8.23. The molecule has 0 bridgehead atoms. The van der Waals surface area contributed by atoms with Crippen LogP contribution in [0.2, 0.25) is 65.5 Å². The highest BCUT2D eigenvalue weighted by atomic mass is 28.3. The monoisotopic (exact) mass is 796 g/mol. The van der Waals surface area contributed by atoms with Crippen molar-refractivity contribution in [3.05, 3.63) is 146 Å². The molecule has 8 rings (SSSR count). The predicted molar refractivity (Wildman–Crippen MR) is 262 cm³/mol. The topological polar surface area (TPSA) is 6.48 Å². The Morgan fingerprint density at radius 1 is 0.339 bits per heavy atom. The largest absolute Gasteiger partial charge is 0.310 e. The van der Waals surface area contributed by atoms with E-state index in [4.69, 9.17) is 0 Å². The van der Waals surface area contributed by atoms with E-state index >= 15 is 0 Å². The third kappa shape index (κ3) is 7.09. The number of nitrogens with zero attached hydrogens (tertiary/aromatic N) is 2. The summed E-state index contributed by atoms with van der Waals surface area (Å²) in [6.45, 7) is 24.2. The summed E-state index contributed by atoms with van der Waals surface area (Å²) < 4.78 is 0. The second-order valence-electron chi connectivity index (χ2n) is 18.7. The molecule has 8 aromatic carbocycles. The highest BCUT2D eigenvalue weighted by Crippen LogP contribution is 2.47. The molecular weight excluding hydrogens is 741 g/mol. The smallest absolute Gasteiger partial charge is 0.0775 e. The first-order valence-corrected chi connectivity index (χ1v) is 33.0. The lowest BCUT2D eigenvalue weighted by atomic mass is 9.91. The number of benzene rings is 8. The molecule has 8 aromatic rings. The Morgan fingerprint density at radius 2 is 0.625 bits per heavy atom. The maximum Gasteiger partial charge on any atom is 0.0775 e. The van der Waals surface area contributed by atoms with Crippen LogP contribution < -0.4 is 30.5 Å². The zero-order chi connectivity index (χ0) is 39.6. The van der Waals surface area contributed by atoms with Crippen LogP contribution in [0.3, 0.4) is 0 Å². The van der Waals surface area contributed by atoms with Gasteiger partial charge in [-0.05, 0) is 82.2 Å². The molecule has 0 aliphatic heterocycles. The Hall–Kier alpha value is -4.73. The highest BCUT2D eigenvalue weighted by Gasteiger charge is 2.24. The zero-order valence-electron chi connectivity index (χ0n) is 35.0. The third-order valence-electron chi connectivity index (χ3n) is 11.7. The average Bonchev–Trinajstić information content (AvgIpc) is 3.18. The van der Waals surface area contributed by atoms with E-state index in [0.717, 1.165) is 0 Å². The molecule has 0 spiro atoms. The van der Waals surface area contributed by atoms with E-state index in [-0.39, 0.29) is 9.52 Å². The second-order valence-corrected chi connectivity index (χ2v) is 35.4. The molecule has 0 aliphatic rings. The highest BCUT2D eigenvalue weighted by molar-refractivity contribution is 6.89. The van der Waals surface area contributed by atoms with E-state index in [1.165, 1.54) is 87.2 Å². The molecule has 0 heterocycles. The minimum atomic E-state index is -1.46. The van der Waals surface area contributed by atoms with Crippen molar-refractivity contribution in [3.63, 3.8) is 0 Å². The van der Waals surface area contributed by atoms with Crippen molar-refractivity contribution in [2.45, 2.75) is 65.5 Å². The Balaban J connectivity index is 1.35. The molecule has 0 unspecified atom stereocenters. The van der Waals surface area contributed by atoms with Crippen molar-refractivity contribution in [2.75, 3.05) is 9.80 Å². The second kappa shape index (κ2) is 14.3. The summed E-state index contributed by atoms with van der Waals surface area (Å²) in [4.78, 5) is 4.97. The fraction of sp³-hybridized carbons (Fsp3) is 0.200. The maximum atomic E-state index is 2.49. The van der Waals surface area contributed by atoms with E-state index in [1.54, 1.807) is 0 Å². The molecule has 282 valence electrons. The molecule has 0 N–H and O–H groups in total. The van der Waals surface area contributed by atoms with E-state index in [9.17, 15) is 0 Å². The molecule has 0 radical (unpaired) electrons. The summed E-state index contributed by atoms with van der Waals surface area (Å²) in [5, 5.41) is 13.6. The van der Waals surface area contributed by atoms with Gasteiger partial charge >= 0.3 is 0 Å². The van der Waals surface area contributed by atoms with Crippen molar-refractivity contribution in [3.8, 4) is 0 Å². The fourth-order valence-corrected chi connectivity index (χ4v) is 12.4. The Kier molecular flexibility index (Phi) is 9.77. The maximum absolute atomic E-state index is 2.49. The number of rotatable bonds is 10. The van der Waals surface area contributed by atoms with Crippen LogP contribution in [-0.2, 0) is 0 Å². The predicted octanol–water partition coefficient (Wildman–Crippen LogP) is 12.0. The van der Waals surface area contributed by atoms with Crippen LogP contribution >= 0.6 is 0 Å². The van der Waals surface area contributed by atoms with Gasteiger partial charge in [-0.25, -0.2) is 0 Å². The van der Waals surface area contributed by atoms with Crippen LogP contribution in [0.1, 0.15) is 0 Å². The summed E-state index contributed by atoms with van der Waals surface area (Å²) in [7, 11) is -4.62. The lowest BCUT2D eigenvalue weighted by Crippen LogP contribution is -2.37. The molecular formula is C50H56N2Si4. The van der Waals surface area contributed by atoms with Gasteiger partial charge in [0.25, 0.3) is 0 Å². The number of hydrogen-bond acceptors (Lipinski definition) is 2. The van der Waals surface area contributed by atoms with Crippen LogP contribution in [0.15, 0.2) is 146 Å². The quantitative estimate of drug-likeness (QED) is 0.100. The molecule has 0 aliphatic carbocycles. The van der Waals surface area contributed by atoms with Crippen molar-refractivity contribution < 1.29 is 0 Å². The molecule has 0 fully saturated rings. The first kappa shape index (κ1) is 38.2. The van der Waals surface area contributed by atoms with E-state index in [1.807, 2.05) is 0 Å². The van der Waals surface area contributed by atoms with E-state index < -0.39 is 24.2 Å². The summed E-state index contributed by atoms with van der Waals surface area (Å²) in [5.74, 6) is 0. The Labute approximate surface area is 340 Å². The van der Waals surface area contributed by atoms with Gasteiger partial charge in [0.15, 0.2) is 0 Å². The first-order valence-electron chi connectivity index (χ1n) is 20.3. The van der Waals surface area contributed by atoms with Crippen LogP contribution in [0, 0.1) is 0 Å². The van der Waals surface area contributed by atoms with Crippen LogP contribution in [-0.4, -0.2) is 33.7 Å². The van der Waals surface area contributed by atoms with Gasteiger partial charge in [0, 0.05) is 33.5 Å². The van der Waals surface area contributed by atoms with Crippen LogP contribution in [0.5, 0.6) is 0 Å². The van der Waals surface area contributed by atoms with Crippen molar-refractivity contribution in [1.29, 1.82) is 0 Å². The average molecular weight is 797 g/mol. The minimum Gasteiger partial charge on any atom is -0.310 e. The standard InChI is InChI=1S/C50H56N2Si4/c1-53-41-23-15-37(16-24-41)51(38-17-25-42(26-18-38)54(2,3)4)47-33-13-35-12-32-46-48(34-14-36-11-31-45(47)49(35)50(36)46)52(39-19-27-43(28-20-39)55(5,6)7)40-21-29-44(30-22-40)56(8,9)10/h11-34H,53H2,1-10H3. The Morgan fingerprint density at radius 3 is 0.911 bits per heavy atom. The molecule has 2 nitrogen and oxygen atoms in total. The van der Waals surface area contributed by atoms with Gasteiger partial charge in [-0.15, -0.1) is 0 Å². The van der Waals surface area contributed by atoms with Gasteiger partial charge < -0.3 is 9.80 Å². The van der Waals surface area contributed by atoms with Gasteiger partial charge in [0.2, 0.25) is 0 Å².